The van der Waals surface area contributed by atoms with E-state index in [1.54, 1.807) is 0 Å². The molecule has 0 atom stereocenters. The lowest BCUT2D eigenvalue weighted by molar-refractivity contribution is 1.25. The van der Waals surface area contributed by atoms with Gasteiger partial charge in [0.2, 0.25) is 0 Å². The summed E-state index contributed by atoms with van der Waals surface area (Å²) in [6.45, 7) is 7.76. The Kier molecular flexibility index (Phi) is 5.02. The summed E-state index contributed by atoms with van der Waals surface area (Å²) < 4.78 is 0. The molecular weight excluding hydrogens is 290 g/mol. The predicted molar refractivity (Wildman–Crippen MR) is 105 cm³/mol. The first-order valence-corrected chi connectivity index (χ1v) is 8.18. The lowest BCUT2D eigenvalue weighted by Gasteiger charge is -2.09. The fourth-order valence-electron chi connectivity index (χ4n) is 2.84. The molecule has 0 radical (unpaired) electrons. The van der Waals surface area contributed by atoms with Gasteiger partial charge in [-0.2, -0.15) is 0 Å². The maximum Gasteiger partial charge on any atom is 0.0709 e. The molecule has 1 nitrogen and oxygen atoms in total. The van der Waals surface area contributed by atoms with Crippen LogP contribution in [0.5, 0.6) is 0 Å². The van der Waals surface area contributed by atoms with Crippen LogP contribution in [0.4, 0.5) is 0 Å². The number of nitrogens with zero attached hydrogens (tertiary/aromatic N) is 1. The summed E-state index contributed by atoms with van der Waals surface area (Å²) in [5.41, 5.74) is 5.68. The van der Waals surface area contributed by atoms with Crippen molar-refractivity contribution in [1.29, 1.82) is 0 Å². The molecule has 1 heterocycles. The topological polar surface area (TPSA) is 12.9 Å². The van der Waals surface area contributed by atoms with Gasteiger partial charge in [0, 0.05) is 5.39 Å². The van der Waals surface area contributed by atoms with Crippen LogP contribution in [0.3, 0.4) is 0 Å². The highest BCUT2D eigenvalue weighted by Gasteiger charge is 2.06. The van der Waals surface area contributed by atoms with Gasteiger partial charge >= 0.3 is 0 Å². The summed E-state index contributed by atoms with van der Waals surface area (Å²) in [6.07, 6.45) is 7.73. The first-order valence-electron chi connectivity index (χ1n) is 8.18. The molecule has 0 bridgehead atoms. The zero-order valence-electron chi connectivity index (χ0n) is 13.8. The monoisotopic (exact) mass is 311 g/mol. The van der Waals surface area contributed by atoms with E-state index in [-0.39, 0.29) is 0 Å². The van der Waals surface area contributed by atoms with E-state index in [0.717, 1.165) is 29.4 Å². The molecule has 2 aromatic carbocycles. The second kappa shape index (κ2) is 7.56. The van der Waals surface area contributed by atoms with Crippen LogP contribution in [0.1, 0.15) is 23.2 Å². The molecule has 118 valence electrons. The largest absolute Gasteiger partial charge is 0.248 e. The molecule has 0 N–H and O–H groups in total. The highest BCUT2D eigenvalue weighted by molar-refractivity contribution is 5.86. The van der Waals surface area contributed by atoms with Crippen molar-refractivity contribution in [2.75, 3.05) is 0 Å². The number of hydrogen-bond donors (Lipinski definition) is 0. The van der Waals surface area contributed by atoms with Crippen LogP contribution in [0.25, 0.3) is 22.6 Å². The summed E-state index contributed by atoms with van der Waals surface area (Å²) in [7, 11) is 0. The molecule has 3 aromatic rings. The molecule has 0 amide bonds. The van der Waals surface area contributed by atoms with Gasteiger partial charge in [-0.3, -0.25) is 0 Å². The first kappa shape index (κ1) is 15.9. The SMILES string of the molecule is C=CCC(=Cc1ccccc1CC=C)c1ccc2ccccc2n1. The van der Waals surface area contributed by atoms with Gasteiger partial charge in [0.05, 0.1) is 11.2 Å². The molecule has 0 aliphatic rings. The normalized spacial score (nSPS) is 11.4. The number of benzene rings is 2. The Labute approximate surface area is 143 Å². The van der Waals surface area contributed by atoms with Crippen molar-refractivity contribution in [2.45, 2.75) is 12.8 Å². The smallest absolute Gasteiger partial charge is 0.0709 e. The number of para-hydroxylation sites is 1. The fourth-order valence-corrected chi connectivity index (χ4v) is 2.84. The third-order valence-corrected chi connectivity index (χ3v) is 4.04. The minimum atomic E-state index is 0.785. The maximum atomic E-state index is 4.83. The van der Waals surface area contributed by atoms with Gasteiger partial charge in [-0.1, -0.05) is 60.7 Å². The quantitative estimate of drug-likeness (QED) is 0.503. The van der Waals surface area contributed by atoms with Gasteiger partial charge in [-0.25, -0.2) is 4.98 Å². The number of pyridine rings is 1. The van der Waals surface area contributed by atoms with E-state index in [1.165, 1.54) is 16.7 Å². The molecule has 0 unspecified atom stereocenters. The molecular formula is C23H21N. The van der Waals surface area contributed by atoms with Gasteiger partial charge < -0.3 is 0 Å². The van der Waals surface area contributed by atoms with Crippen LogP contribution in [0, 0.1) is 0 Å². The van der Waals surface area contributed by atoms with Crippen LogP contribution in [-0.4, -0.2) is 4.98 Å². The second-order valence-electron chi connectivity index (χ2n) is 5.74. The summed E-state index contributed by atoms with van der Waals surface area (Å²) in [5, 5.41) is 1.16. The zero-order chi connectivity index (χ0) is 16.8. The molecule has 0 aliphatic carbocycles. The van der Waals surface area contributed by atoms with E-state index in [9.17, 15) is 0 Å². The average molecular weight is 311 g/mol. The Morgan fingerprint density at radius 3 is 2.50 bits per heavy atom. The Morgan fingerprint density at radius 2 is 1.67 bits per heavy atom. The number of fused-ring (bicyclic) bond motifs is 1. The van der Waals surface area contributed by atoms with Gasteiger partial charge in [-0.05, 0) is 47.8 Å². The molecule has 0 saturated heterocycles. The van der Waals surface area contributed by atoms with Gasteiger partial charge in [-0.15, -0.1) is 13.2 Å². The third-order valence-electron chi connectivity index (χ3n) is 4.04. The van der Waals surface area contributed by atoms with Crippen molar-refractivity contribution in [1.82, 2.24) is 4.98 Å². The van der Waals surface area contributed by atoms with E-state index in [4.69, 9.17) is 4.98 Å². The summed E-state index contributed by atoms with van der Waals surface area (Å²) in [6, 6.07) is 20.8. The Morgan fingerprint density at radius 1 is 0.875 bits per heavy atom. The molecule has 3 rings (SSSR count). The molecule has 1 heteroatoms. The van der Waals surface area contributed by atoms with E-state index in [2.05, 4.69) is 67.8 Å². The van der Waals surface area contributed by atoms with E-state index in [1.807, 2.05) is 24.3 Å². The Bertz CT molecular complexity index is 903. The summed E-state index contributed by atoms with van der Waals surface area (Å²) in [5.74, 6) is 0. The number of aromatic nitrogens is 1. The van der Waals surface area contributed by atoms with E-state index in [0.29, 0.717) is 0 Å². The third kappa shape index (κ3) is 3.52. The predicted octanol–water partition coefficient (Wildman–Crippen LogP) is 6.08. The standard InChI is InChI=1S/C23H21N/c1-3-9-18-11-5-6-13-20(18)17-21(10-4-2)23-16-15-19-12-7-8-14-22(19)24-23/h3-8,11-17H,1-2,9-10H2. The highest BCUT2D eigenvalue weighted by Crippen LogP contribution is 2.24. The van der Waals surface area contributed by atoms with Gasteiger partial charge in [0.25, 0.3) is 0 Å². The van der Waals surface area contributed by atoms with Gasteiger partial charge in [0.15, 0.2) is 0 Å². The minimum Gasteiger partial charge on any atom is -0.248 e. The van der Waals surface area contributed by atoms with Crippen molar-refractivity contribution >= 4 is 22.6 Å². The van der Waals surface area contributed by atoms with Crippen molar-refractivity contribution in [3.8, 4) is 0 Å². The highest BCUT2D eigenvalue weighted by atomic mass is 14.7. The van der Waals surface area contributed by atoms with Crippen LogP contribution in [0.2, 0.25) is 0 Å². The van der Waals surface area contributed by atoms with E-state index < -0.39 is 0 Å². The number of rotatable bonds is 6. The van der Waals surface area contributed by atoms with Gasteiger partial charge in [0.1, 0.15) is 0 Å². The lowest BCUT2D eigenvalue weighted by atomic mass is 9.99. The molecule has 0 fully saturated rings. The molecule has 0 aliphatic heterocycles. The Hall–Kier alpha value is -2.93. The second-order valence-corrected chi connectivity index (χ2v) is 5.74. The Balaban J connectivity index is 2.08. The van der Waals surface area contributed by atoms with Crippen molar-refractivity contribution in [2.24, 2.45) is 0 Å². The molecule has 0 spiro atoms. The molecule has 1 aromatic heterocycles. The summed E-state index contributed by atoms with van der Waals surface area (Å²) in [4.78, 5) is 4.83. The van der Waals surface area contributed by atoms with Crippen LogP contribution in [0.15, 0.2) is 86.0 Å². The number of allylic oxidation sites excluding steroid dienone is 3. The van der Waals surface area contributed by atoms with Crippen LogP contribution in [-0.2, 0) is 6.42 Å². The van der Waals surface area contributed by atoms with Crippen molar-refractivity contribution < 1.29 is 0 Å². The number of hydrogen-bond acceptors (Lipinski definition) is 1. The zero-order valence-corrected chi connectivity index (χ0v) is 13.8. The average Bonchev–Trinajstić information content (AvgIpc) is 2.63. The lowest BCUT2D eigenvalue weighted by Crippen LogP contribution is -1.92. The summed E-state index contributed by atoms with van der Waals surface area (Å²) >= 11 is 0. The van der Waals surface area contributed by atoms with Crippen molar-refractivity contribution in [3.05, 3.63) is 103 Å². The minimum absolute atomic E-state index is 0.785. The molecule has 24 heavy (non-hydrogen) atoms. The van der Waals surface area contributed by atoms with Crippen LogP contribution >= 0.6 is 0 Å². The van der Waals surface area contributed by atoms with E-state index >= 15 is 0 Å². The van der Waals surface area contributed by atoms with Crippen LogP contribution < -0.4 is 0 Å². The molecule has 0 saturated carbocycles. The van der Waals surface area contributed by atoms with Crippen molar-refractivity contribution in [3.63, 3.8) is 0 Å². The fraction of sp³-hybridized carbons (Fsp3) is 0.0870. The first-order chi connectivity index (χ1) is 11.8. The maximum absolute atomic E-state index is 4.83.